The zero-order chi connectivity index (χ0) is 23.0. The summed E-state index contributed by atoms with van der Waals surface area (Å²) in [5.41, 5.74) is 2.71. The molecule has 0 saturated heterocycles. The van der Waals surface area contributed by atoms with Crippen molar-refractivity contribution in [3.63, 3.8) is 0 Å². The molecule has 0 saturated carbocycles. The normalized spacial score (nSPS) is 11.7. The molecule has 1 heterocycles. The molecule has 3 aromatic carbocycles. The molecule has 0 aliphatic rings. The average molecular weight is 478 g/mol. The Bertz CT molecular complexity index is 1190. The molecule has 33 heavy (non-hydrogen) atoms. The summed E-state index contributed by atoms with van der Waals surface area (Å²) in [6.45, 7) is 2.07. The highest BCUT2D eigenvalue weighted by atomic mass is 35.5. The van der Waals surface area contributed by atoms with E-state index in [0.717, 1.165) is 32.5 Å². The molecule has 0 bridgehead atoms. The number of hydrogen-bond acceptors (Lipinski definition) is 4. The molecule has 4 rings (SSSR count). The minimum Gasteiger partial charge on any atom is -0.472 e. The maximum Gasteiger partial charge on any atom is 0.352 e. The van der Waals surface area contributed by atoms with E-state index in [4.69, 9.17) is 21.1 Å². The third kappa shape index (κ3) is 5.81. The fourth-order valence-electron chi connectivity index (χ4n) is 3.37. The molecule has 0 N–H and O–H groups in total. The Hall–Kier alpha value is -3.15. The number of carbonyl (C=O) groups excluding carboxylic acids is 1. The number of rotatable bonds is 9. The van der Waals surface area contributed by atoms with E-state index in [1.165, 1.54) is 0 Å². The lowest BCUT2D eigenvalue weighted by molar-refractivity contribution is -0.151. The van der Waals surface area contributed by atoms with Gasteiger partial charge in [0.15, 0.2) is 0 Å². The number of para-hydroxylation sites is 2. The molecule has 1 aromatic heterocycles. The van der Waals surface area contributed by atoms with Crippen LogP contribution in [0.1, 0.15) is 24.2 Å². The zero-order valence-corrected chi connectivity index (χ0v) is 19.8. The van der Waals surface area contributed by atoms with E-state index < -0.39 is 12.1 Å². The van der Waals surface area contributed by atoms with E-state index in [1.807, 2.05) is 102 Å². The van der Waals surface area contributed by atoms with Crippen molar-refractivity contribution < 1.29 is 14.3 Å². The van der Waals surface area contributed by atoms with Crippen LogP contribution < -0.4 is 4.74 Å². The Morgan fingerprint density at radius 1 is 0.939 bits per heavy atom. The van der Waals surface area contributed by atoms with E-state index >= 15 is 0 Å². The van der Waals surface area contributed by atoms with Crippen molar-refractivity contribution in [2.75, 3.05) is 6.61 Å². The number of hydrogen-bond donors (Lipinski definition) is 0. The van der Waals surface area contributed by atoms with Crippen LogP contribution in [-0.4, -0.2) is 17.1 Å². The van der Waals surface area contributed by atoms with Crippen LogP contribution >= 0.6 is 23.4 Å². The van der Waals surface area contributed by atoms with E-state index in [1.54, 1.807) is 18.7 Å². The molecule has 4 nitrogen and oxygen atoms in total. The maximum atomic E-state index is 12.8. The number of esters is 1. The first-order valence-electron chi connectivity index (χ1n) is 10.7. The van der Waals surface area contributed by atoms with Crippen molar-refractivity contribution in [3.05, 3.63) is 113 Å². The van der Waals surface area contributed by atoms with E-state index in [9.17, 15) is 4.79 Å². The summed E-state index contributed by atoms with van der Waals surface area (Å²) in [5, 5.41) is 0.747. The predicted molar refractivity (Wildman–Crippen MR) is 133 cm³/mol. The molecular formula is C27H24ClNO3S. The third-order valence-corrected chi connectivity index (χ3v) is 6.59. The van der Waals surface area contributed by atoms with E-state index in [-0.39, 0.29) is 6.61 Å². The molecule has 4 aromatic rings. The fourth-order valence-corrected chi connectivity index (χ4v) is 4.57. The van der Waals surface area contributed by atoms with Gasteiger partial charge in [-0.25, -0.2) is 4.79 Å². The molecule has 6 heteroatoms. The van der Waals surface area contributed by atoms with Gasteiger partial charge in [0.1, 0.15) is 5.75 Å². The van der Waals surface area contributed by atoms with Crippen LogP contribution in [0.5, 0.6) is 5.75 Å². The lowest BCUT2D eigenvalue weighted by Crippen LogP contribution is -2.22. The van der Waals surface area contributed by atoms with Gasteiger partial charge in [0, 0.05) is 28.6 Å². The number of aromatic nitrogens is 1. The number of thioether (sulfide) groups is 1. The minimum atomic E-state index is -0.869. The van der Waals surface area contributed by atoms with Crippen LogP contribution in [0.2, 0.25) is 5.02 Å². The molecule has 0 radical (unpaired) electrons. The Kier molecular flexibility index (Phi) is 7.76. The van der Waals surface area contributed by atoms with Gasteiger partial charge < -0.3 is 14.0 Å². The second-order valence-corrected chi connectivity index (χ2v) is 8.69. The zero-order valence-electron chi connectivity index (χ0n) is 18.2. The Labute approximate surface area is 203 Å². The molecule has 0 amide bonds. The summed E-state index contributed by atoms with van der Waals surface area (Å²) in [6.07, 6.45) is 3.01. The standard InChI is InChI=1S/C27H24ClNO3S/c1-2-31-27(30)26(32-24-11-5-4-10-23(24)29-17-7-8-18-29)21-15-13-20(14-16-21)19-33-25-12-6-3-9-22(25)28/h3-18,26H,2,19H2,1H3. The van der Waals surface area contributed by atoms with Gasteiger partial charge >= 0.3 is 5.97 Å². The fraction of sp³-hybridized carbons (Fsp3) is 0.148. The largest absolute Gasteiger partial charge is 0.472 e. The highest BCUT2D eigenvalue weighted by Gasteiger charge is 2.25. The smallest absolute Gasteiger partial charge is 0.352 e. The SMILES string of the molecule is CCOC(=O)C(Oc1ccccc1-n1cccc1)c1ccc(CSc2ccccc2Cl)cc1. The van der Waals surface area contributed by atoms with Gasteiger partial charge in [0.05, 0.1) is 17.3 Å². The summed E-state index contributed by atoms with van der Waals surface area (Å²) >= 11 is 7.93. The summed E-state index contributed by atoms with van der Waals surface area (Å²) in [4.78, 5) is 13.8. The van der Waals surface area contributed by atoms with Crippen molar-refractivity contribution in [2.24, 2.45) is 0 Å². The number of carbonyl (C=O) groups is 1. The maximum absolute atomic E-state index is 12.8. The highest BCUT2D eigenvalue weighted by molar-refractivity contribution is 7.98. The molecule has 1 atom stereocenters. The number of nitrogens with zero attached hydrogens (tertiary/aromatic N) is 1. The van der Waals surface area contributed by atoms with Crippen LogP contribution in [0.4, 0.5) is 0 Å². The average Bonchev–Trinajstić information content (AvgIpc) is 3.38. The van der Waals surface area contributed by atoms with Crippen LogP contribution in [0.3, 0.4) is 0 Å². The first kappa shape index (κ1) is 23.0. The van der Waals surface area contributed by atoms with Gasteiger partial charge in [-0.15, -0.1) is 11.8 Å². The molecule has 0 spiro atoms. The Morgan fingerprint density at radius 2 is 1.64 bits per heavy atom. The van der Waals surface area contributed by atoms with Crippen LogP contribution in [-0.2, 0) is 15.3 Å². The van der Waals surface area contributed by atoms with Crippen molar-refractivity contribution >= 4 is 29.3 Å². The van der Waals surface area contributed by atoms with Gasteiger partial charge in [-0.1, -0.05) is 60.1 Å². The molecule has 0 aliphatic heterocycles. The predicted octanol–water partition coefficient (Wildman–Crippen LogP) is 7.11. The van der Waals surface area contributed by atoms with Crippen LogP contribution in [0.25, 0.3) is 5.69 Å². The summed E-state index contributed by atoms with van der Waals surface area (Å²) in [5.74, 6) is 0.953. The molecular weight excluding hydrogens is 454 g/mol. The van der Waals surface area contributed by atoms with Crippen molar-refractivity contribution in [3.8, 4) is 11.4 Å². The quantitative estimate of drug-likeness (QED) is 0.190. The topological polar surface area (TPSA) is 40.5 Å². The molecule has 0 fully saturated rings. The molecule has 168 valence electrons. The van der Waals surface area contributed by atoms with Crippen molar-refractivity contribution in [1.82, 2.24) is 4.57 Å². The summed E-state index contributed by atoms with van der Waals surface area (Å²) in [7, 11) is 0. The van der Waals surface area contributed by atoms with Crippen molar-refractivity contribution in [2.45, 2.75) is 23.7 Å². The van der Waals surface area contributed by atoms with Gasteiger partial charge in [0.2, 0.25) is 6.10 Å². The van der Waals surface area contributed by atoms with Gasteiger partial charge in [0.25, 0.3) is 0 Å². The Morgan fingerprint density at radius 3 is 2.36 bits per heavy atom. The number of halogens is 1. The lowest BCUT2D eigenvalue weighted by Gasteiger charge is -2.20. The van der Waals surface area contributed by atoms with Crippen molar-refractivity contribution in [1.29, 1.82) is 0 Å². The highest BCUT2D eigenvalue weighted by Crippen LogP contribution is 2.31. The van der Waals surface area contributed by atoms with E-state index in [0.29, 0.717) is 5.75 Å². The number of ether oxygens (including phenoxy) is 2. The molecule has 1 unspecified atom stereocenters. The third-order valence-electron chi connectivity index (χ3n) is 5.01. The second kappa shape index (κ2) is 11.1. The number of benzene rings is 3. The monoisotopic (exact) mass is 477 g/mol. The lowest BCUT2D eigenvalue weighted by atomic mass is 10.1. The van der Waals surface area contributed by atoms with E-state index in [2.05, 4.69) is 0 Å². The minimum absolute atomic E-state index is 0.282. The Balaban J connectivity index is 1.54. The first-order valence-corrected chi connectivity index (χ1v) is 12.0. The van der Waals surface area contributed by atoms with Crippen LogP contribution in [0.15, 0.2) is 102 Å². The molecule has 0 aliphatic carbocycles. The van der Waals surface area contributed by atoms with Gasteiger partial charge in [-0.3, -0.25) is 0 Å². The summed E-state index contributed by atoms with van der Waals surface area (Å²) < 4.78 is 13.5. The summed E-state index contributed by atoms with van der Waals surface area (Å²) in [6, 6.07) is 27.2. The van der Waals surface area contributed by atoms with Gasteiger partial charge in [-0.2, -0.15) is 0 Å². The van der Waals surface area contributed by atoms with Crippen LogP contribution in [0, 0.1) is 0 Å². The first-order chi connectivity index (χ1) is 16.2. The van der Waals surface area contributed by atoms with Gasteiger partial charge in [-0.05, 0) is 48.9 Å². The second-order valence-electron chi connectivity index (χ2n) is 7.27.